The molecule has 1 aliphatic heterocycles. The van der Waals surface area contributed by atoms with Crippen molar-refractivity contribution < 1.29 is 23.8 Å². The van der Waals surface area contributed by atoms with E-state index in [2.05, 4.69) is 4.74 Å². The van der Waals surface area contributed by atoms with Crippen LogP contribution in [0.5, 0.6) is 0 Å². The molecule has 1 rings (SSSR count). The molecule has 0 aliphatic carbocycles. The lowest BCUT2D eigenvalue weighted by Crippen LogP contribution is -2.31. The summed E-state index contributed by atoms with van der Waals surface area (Å²) in [5.74, 6) is -1.52. The van der Waals surface area contributed by atoms with Gasteiger partial charge in [-0.2, -0.15) is 0 Å². The molecule has 1 heterocycles. The first kappa shape index (κ1) is 10.4. The van der Waals surface area contributed by atoms with Crippen LogP contribution >= 0.6 is 0 Å². The number of hydrogen-bond donors (Lipinski definition) is 1. The van der Waals surface area contributed by atoms with E-state index in [9.17, 15) is 9.59 Å². The standard InChI is InChI=1S/C8H11NO5/c1-5(7(9)10)14-8(11)6-4-12-2-3-13-6/h4-5H,2-3H2,1H3,(H2,9,10). The van der Waals surface area contributed by atoms with Crippen LogP contribution in [0.2, 0.25) is 0 Å². The summed E-state index contributed by atoms with van der Waals surface area (Å²) in [5, 5.41) is 0. The highest BCUT2D eigenvalue weighted by atomic mass is 16.6. The number of ether oxygens (including phenoxy) is 3. The molecule has 2 N–H and O–H groups in total. The topological polar surface area (TPSA) is 87.8 Å². The number of rotatable bonds is 3. The van der Waals surface area contributed by atoms with Gasteiger partial charge in [0, 0.05) is 0 Å². The minimum Gasteiger partial charge on any atom is -0.493 e. The molecule has 0 aromatic carbocycles. The lowest BCUT2D eigenvalue weighted by molar-refractivity contribution is -0.154. The Kier molecular flexibility index (Phi) is 3.33. The third-order valence-electron chi connectivity index (χ3n) is 1.53. The summed E-state index contributed by atoms with van der Waals surface area (Å²) in [6.07, 6.45) is 0.174. The zero-order valence-corrected chi connectivity index (χ0v) is 7.69. The van der Waals surface area contributed by atoms with Gasteiger partial charge in [-0.15, -0.1) is 0 Å². The van der Waals surface area contributed by atoms with E-state index in [1.807, 2.05) is 0 Å². The molecule has 6 heteroatoms. The second-order valence-electron chi connectivity index (χ2n) is 2.65. The highest BCUT2D eigenvalue weighted by Crippen LogP contribution is 2.07. The van der Waals surface area contributed by atoms with Gasteiger partial charge in [-0.3, -0.25) is 4.79 Å². The van der Waals surface area contributed by atoms with Crippen molar-refractivity contribution in [2.75, 3.05) is 13.2 Å². The van der Waals surface area contributed by atoms with Crippen LogP contribution in [0.4, 0.5) is 0 Å². The third-order valence-corrected chi connectivity index (χ3v) is 1.53. The van der Waals surface area contributed by atoms with Gasteiger partial charge in [0.1, 0.15) is 19.5 Å². The number of amides is 1. The highest BCUT2D eigenvalue weighted by molar-refractivity contribution is 5.89. The molecular formula is C8H11NO5. The monoisotopic (exact) mass is 201 g/mol. The van der Waals surface area contributed by atoms with Crippen molar-refractivity contribution in [2.24, 2.45) is 5.73 Å². The summed E-state index contributed by atoms with van der Waals surface area (Å²) in [6.45, 7) is 2.05. The molecular weight excluding hydrogens is 190 g/mol. The average Bonchev–Trinajstić information content (AvgIpc) is 2.19. The van der Waals surface area contributed by atoms with Crippen LogP contribution in [0.25, 0.3) is 0 Å². The Morgan fingerprint density at radius 2 is 2.29 bits per heavy atom. The Labute approximate surface area is 80.6 Å². The SMILES string of the molecule is CC(OC(=O)C1=COCCO1)C(N)=O. The Bertz CT molecular complexity index is 273. The van der Waals surface area contributed by atoms with E-state index in [0.717, 1.165) is 6.26 Å². The smallest absolute Gasteiger partial charge is 0.377 e. The Balaban J connectivity index is 2.49. The molecule has 0 fully saturated rings. The van der Waals surface area contributed by atoms with E-state index in [1.54, 1.807) is 0 Å². The molecule has 1 amide bonds. The van der Waals surface area contributed by atoms with Crippen LogP contribution in [0.15, 0.2) is 12.0 Å². The first-order valence-electron chi connectivity index (χ1n) is 4.06. The minimum atomic E-state index is -0.978. The summed E-state index contributed by atoms with van der Waals surface area (Å²) in [6, 6.07) is 0. The van der Waals surface area contributed by atoms with Crippen molar-refractivity contribution >= 4 is 11.9 Å². The maximum atomic E-state index is 11.2. The van der Waals surface area contributed by atoms with Gasteiger partial charge in [-0.1, -0.05) is 0 Å². The van der Waals surface area contributed by atoms with Gasteiger partial charge in [0.15, 0.2) is 6.10 Å². The molecule has 6 nitrogen and oxygen atoms in total. The van der Waals surface area contributed by atoms with E-state index in [4.69, 9.17) is 15.2 Å². The van der Waals surface area contributed by atoms with Crippen molar-refractivity contribution in [3.8, 4) is 0 Å². The zero-order valence-electron chi connectivity index (χ0n) is 7.69. The lowest BCUT2D eigenvalue weighted by Gasteiger charge is -2.15. The second-order valence-corrected chi connectivity index (χ2v) is 2.65. The van der Waals surface area contributed by atoms with Gasteiger partial charge in [0.25, 0.3) is 5.91 Å². The number of hydrogen-bond acceptors (Lipinski definition) is 5. The van der Waals surface area contributed by atoms with Crippen molar-refractivity contribution in [3.63, 3.8) is 0 Å². The predicted molar refractivity (Wildman–Crippen MR) is 44.7 cm³/mol. The normalized spacial score (nSPS) is 17.1. The summed E-state index contributed by atoms with van der Waals surface area (Å²) < 4.78 is 14.4. The van der Waals surface area contributed by atoms with E-state index in [0.29, 0.717) is 6.61 Å². The Hall–Kier alpha value is -1.72. The third kappa shape index (κ3) is 2.65. The summed E-state index contributed by atoms with van der Waals surface area (Å²) in [5.41, 5.74) is 4.91. The molecule has 0 radical (unpaired) electrons. The van der Waals surface area contributed by atoms with Crippen molar-refractivity contribution in [3.05, 3.63) is 12.0 Å². The molecule has 1 atom stereocenters. The molecule has 0 bridgehead atoms. The first-order valence-corrected chi connectivity index (χ1v) is 4.06. The molecule has 0 aromatic heterocycles. The van der Waals surface area contributed by atoms with E-state index >= 15 is 0 Å². The first-order chi connectivity index (χ1) is 6.61. The summed E-state index contributed by atoms with van der Waals surface area (Å²) >= 11 is 0. The van der Waals surface area contributed by atoms with Crippen molar-refractivity contribution in [2.45, 2.75) is 13.0 Å². The van der Waals surface area contributed by atoms with Crippen LogP contribution in [0.1, 0.15) is 6.92 Å². The maximum Gasteiger partial charge on any atom is 0.377 e. The fraction of sp³-hybridized carbons (Fsp3) is 0.500. The quantitative estimate of drug-likeness (QED) is 0.609. The maximum absolute atomic E-state index is 11.2. The van der Waals surface area contributed by atoms with Gasteiger partial charge in [0.05, 0.1) is 0 Å². The number of carbonyl (C=O) groups excluding carboxylic acids is 2. The van der Waals surface area contributed by atoms with Gasteiger partial charge < -0.3 is 19.9 Å². The van der Waals surface area contributed by atoms with Gasteiger partial charge in [-0.25, -0.2) is 4.79 Å². The molecule has 1 aliphatic rings. The molecule has 0 aromatic rings. The van der Waals surface area contributed by atoms with E-state index in [-0.39, 0.29) is 12.4 Å². The summed E-state index contributed by atoms with van der Waals surface area (Å²) in [4.78, 5) is 21.8. The number of carbonyl (C=O) groups is 2. The molecule has 0 saturated carbocycles. The average molecular weight is 201 g/mol. The van der Waals surface area contributed by atoms with Crippen LogP contribution in [-0.2, 0) is 23.8 Å². The van der Waals surface area contributed by atoms with Crippen LogP contribution in [0.3, 0.4) is 0 Å². The predicted octanol–water partition coefficient (Wildman–Crippen LogP) is -0.708. The largest absolute Gasteiger partial charge is 0.493 e. The Morgan fingerprint density at radius 3 is 2.79 bits per heavy atom. The minimum absolute atomic E-state index is 0.0515. The number of esters is 1. The fourth-order valence-corrected chi connectivity index (χ4v) is 0.752. The number of primary amides is 1. The van der Waals surface area contributed by atoms with Crippen LogP contribution in [-0.4, -0.2) is 31.2 Å². The van der Waals surface area contributed by atoms with Crippen molar-refractivity contribution in [1.29, 1.82) is 0 Å². The van der Waals surface area contributed by atoms with Gasteiger partial charge in [0.2, 0.25) is 5.76 Å². The van der Waals surface area contributed by atoms with Crippen LogP contribution < -0.4 is 5.73 Å². The fourth-order valence-electron chi connectivity index (χ4n) is 0.752. The molecule has 1 unspecified atom stereocenters. The van der Waals surface area contributed by atoms with Crippen molar-refractivity contribution in [1.82, 2.24) is 0 Å². The van der Waals surface area contributed by atoms with E-state index in [1.165, 1.54) is 6.92 Å². The molecule has 0 spiro atoms. The summed E-state index contributed by atoms with van der Waals surface area (Å²) in [7, 11) is 0. The highest BCUT2D eigenvalue weighted by Gasteiger charge is 2.21. The van der Waals surface area contributed by atoms with Crippen LogP contribution in [0, 0.1) is 0 Å². The number of nitrogens with two attached hydrogens (primary N) is 1. The van der Waals surface area contributed by atoms with E-state index < -0.39 is 18.0 Å². The van der Waals surface area contributed by atoms with Gasteiger partial charge in [-0.05, 0) is 6.92 Å². The molecule has 78 valence electrons. The Morgan fingerprint density at radius 1 is 1.57 bits per heavy atom. The zero-order chi connectivity index (χ0) is 10.6. The molecule has 14 heavy (non-hydrogen) atoms. The molecule has 0 saturated heterocycles. The lowest BCUT2D eigenvalue weighted by atomic mass is 10.4. The second kappa shape index (κ2) is 4.50. The van der Waals surface area contributed by atoms with Gasteiger partial charge >= 0.3 is 5.97 Å².